The molecule has 0 amide bonds. The van der Waals surface area contributed by atoms with Gasteiger partial charge in [-0.15, -0.1) is 0 Å². The lowest BCUT2D eigenvalue weighted by molar-refractivity contribution is 0.210. The van der Waals surface area contributed by atoms with Crippen LogP contribution in [0, 0.1) is 0 Å². The van der Waals surface area contributed by atoms with Crippen LogP contribution in [0.3, 0.4) is 0 Å². The van der Waals surface area contributed by atoms with Gasteiger partial charge in [-0.3, -0.25) is 0 Å². The van der Waals surface area contributed by atoms with Crippen LogP contribution in [0.5, 0.6) is 5.75 Å². The largest absolute Gasteiger partial charge is 0.495 e. The van der Waals surface area contributed by atoms with Crippen LogP contribution in [0.25, 0.3) is 0 Å². The van der Waals surface area contributed by atoms with Crippen molar-refractivity contribution in [1.82, 2.24) is 0 Å². The van der Waals surface area contributed by atoms with E-state index in [1.807, 2.05) is 0 Å². The van der Waals surface area contributed by atoms with Crippen molar-refractivity contribution < 1.29 is 9.84 Å². The van der Waals surface area contributed by atoms with Crippen LogP contribution in [0.4, 0.5) is 0 Å². The maximum atomic E-state index is 9.08. The smallest absolute Gasteiger partial charge is 0.137 e. The van der Waals surface area contributed by atoms with Crippen LogP contribution in [0.15, 0.2) is 18.2 Å². The van der Waals surface area contributed by atoms with E-state index in [2.05, 4.69) is 0 Å². The van der Waals surface area contributed by atoms with Gasteiger partial charge >= 0.3 is 0 Å². The highest BCUT2D eigenvalue weighted by atomic mass is 35.5. The Bertz CT molecular complexity index is 326. The quantitative estimate of drug-likeness (QED) is 0.804. The Morgan fingerprint density at radius 2 is 2.21 bits per heavy atom. The van der Waals surface area contributed by atoms with Crippen LogP contribution >= 0.6 is 11.6 Å². The second-order valence-corrected chi connectivity index (χ2v) is 3.83. The molecule has 1 rings (SSSR count). The Hall–Kier alpha value is -0.770. The van der Waals surface area contributed by atoms with Gasteiger partial charge < -0.3 is 15.6 Å². The van der Waals surface area contributed by atoms with E-state index in [1.54, 1.807) is 25.1 Å². The first-order chi connectivity index (χ1) is 6.51. The maximum Gasteiger partial charge on any atom is 0.137 e. The zero-order valence-electron chi connectivity index (χ0n) is 8.25. The van der Waals surface area contributed by atoms with E-state index in [1.165, 1.54) is 7.11 Å². The molecule has 0 aliphatic carbocycles. The monoisotopic (exact) mass is 215 g/mol. The normalized spacial score (nSPS) is 14.9. The zero-order valence-corrected chi connectivity index (χ0v) is 9.01. The van der Waals surface area contributed by atoms with Gasteiger partial charge in [0.05, 0.1) is 24.3 Å². The number of ether oxygens (including phenoxy) is 1. The minimum absolute atomic E-state index is 0.127. The minimum atomic E-state index is -0.766. The van der Waals surface area contributed by atoms with Gasteiger partial charge in [0.15, 0.2) is 0 Å². The van der Waals surface area contributed by atoms with Crippen molar-refractivity contribution in [3.8, 4) is 5.75 Å². The van der Waals surface area contributed by atoms with E-state index >= 15 is 0 Å². The van der Waals surface area contributed by atoms with Gasteiger partial charge in [0.2, 0.25) is 0 Å². The lowest BCUT2D eigenvalue weighted by Gasteiger charge is -2.22. The highest BCUT2D eigenvalue weighted by Gasteiger charge is 2.20. The second-order valence-electron chi connectivity index (χ2n) is 3.42. The lowest BCUT2D eigenvalue weighted by atomic mass is 9.94. The van der Waals surface area contributed by atoms with Crippen molar-refractivity contribution in [3.05, 3.63) is 28.8 Å². The molecule has 0 radical (unpaired) electrons. The van der Waals surface area contributed by atoms with Gasteiger partial charge in [-0.05, 0) is 24.6 Å². The van der Waals surface area contributed by atoms with E-state index in [0.29, 0.717) is 10.8 Å². The predicted molar refractivity (Wildman–Crippen MR) is 56.6 cm³/mol. The number of hydrogen-bond donors (Lipinski definition) is 2. The van der Waals surface area contributed by atoms with Crippen LogP contribution in [0.2, 0.25) is 5.02 Å². The summed E-state index contributed by atoms with van der Waals surface area (Å²) in [6.45, 7) is 1.62. The molecule has 78 valence electrons. The average molecular weight is 216 g/mol. The Labute approximate surface area is 88.4 Å². The third-order valence-corrected chi connectivity index (χ3v) is 2.45. The summed E-state index contributed by atoms with van der Waals surface area (Å²) in [5, 5.41) is 9.61. The molecule has 0 unspecified atom stereocenters. The van der Waals surface area contributed by atoms with E-state index < -0.39 is 5.54 Å². The number of hydrogen-bond acceptors (Lipinski definition) is 3. The molecule has 0 fully saturated rings. The summed E-state index contributed by atoms with van der Waals surface area (Å²) in [6, 6.07) is 5.22. The van der Waals surface area contributed by atoms with Crippen LogP contribution in [0.1, 0.15) is 12.5 Å². The Morgan fingerprint density at radius 1 is 1.57 bits per heavy atom. The summed E-state index contributed by atoms with van der Waals surface area (Å²) < 4.78 is 5.06. The fourth-order valence-electron chi connectivity index (χ4n) is 1.11. The van der Waals surface area contributed by atoms with Crippen molar-refractivity contribution in [2.45, 2.75) is 12.5 Å². The second kappa shape index (κ2) is 4.17. The van der Waals surface area contributed by atoms with E-state index in [9.17, 15) is 0 Å². The molecule has 0 aromatic heterocycles. The first-order valence-corrected chi connectivity index (χ1v) is 4.63. The average Bonchev–Trinajstić information content (AvgIpc) is 2.18. The molecule has 0 saturated carbocycles. The summed E-state index contributed by atoms with van der Waals surface area (Å²) in [7, 11) is 1.54. The molecule has 0 aliphatic heterocycles. The maximum absolute atomic E-state index is 9.08. The Kier molecular flexibility index (Phi) is 3.37. The SMILES string of the molecule is COc1cc([C@@](C)(N)CO)ccc1Cl. The number of aliphatic hydroxyl groups is 1. The molecule has 0 heterocycles. The molecule has 3 N–H and O–H groups in total. The number of aliphatic hydroxyl groups excluding tert-OH is 1. The summed E-state index contributed by atoms with van der Waals surface area (Å²) in [5.74, 6) is 0.564. The van der Waals surface area contributed by atoms with Gasteiger partial charge in [-0.2, -0.15) is 0 Å². The van der Waals surface area contributed by atoms with Crippen molar-refractivity contribution in [2.75, 3.05) is 13.7 Å². The highest BCUT2D eigenvalue weighted by Crippen LogP contribution is 2.28. The van der Waals surface area contributed by atoms with Gasteiger partial charge in [0, 0.05) is 0 Å². The Morgan fingerprint density at radius 3 is 2.71 bits per heavy atom. The molecular formula is C10H14ClNO2. The molecular weight excluding hydrogens is 202 g/mol. The predicted octanol–water partition coefficient (Wildman–Crippen LogP) is 1.51. The first kappa shape index (κ1) is 11.3. The molecule has 0 spiro atoms. The summed E-state index contributed by atoms with van der Waals surface area (Å²) in [4.78, 5) is 0. The molecule has 0 aliphatic rings. The van der Waals surface area contributed by atoms with Crippen LogP contribution in [-0.4, -0.2) is 18.8 Å². The number of methoxy groups -OCH3 is 1. The summed E-state index contributed by atoms with van der Waals surface area (Å²) >= 11 is 5.86. The summed E-state index contributed by atoms with van der Waals surface area (Å²) in [5.41, 5.74) is 5.89. The first-order valence-electron chi connectivity index (χ1n) is 4.25. The molecule has 3 nitrogen and oxygen atoms in total. The summed E-state index contributed by atoms with van der Waals surface area (Å²) in [6.07, 6.45) is 0. The van der Waals surface area contributed by atoms with Crippen LogP contribution in [-0.2, 0) is 5.54 Å². The number of benzene rings is 1. The standard InChI is InChI=1S/C10H14ClNO2/c1-10(12,6-13)7-3-4-8(11)9(5-7)14-2/h3-5,13H,6,12H2,1-2H3/t10-/m0/s1. The third-order valence-electron chi connectivity index (χ3n) is 2.14. The fraction of sp³-hybridized carbons (Fsp3) is 0.400. The van der Waals surface area contributed by atoms with Crippen molar-refractivity contribution in [1.29, 1.82) is 0 Å². The van der Waals surface area contributed by atoms with Crippen molar-refractivity contribution in [3.63, 3.8) is 0 Å². The third kappa shape index (κ3) is 2.18. The van der Waals surface area contributed by atoms with E-state index in [-0.39, 0.29) is 6.61 Å². The molecule has 0 bridgehead atoms. The van der Waals surface area contributed by atoms with Crippen molar-refractivity contribution in [2.24, 2.45) is 5.73 Å². The van der Waals surface area contributed by atoms with Gasteiger partial charge in [-0.25, -0.2) is 0 Å². The van der Waals surface area contributed by atoms with Crippen LogP contribution < -0.4 is 10.5 Å². The molecule has 14 heavy (non-hydrogen) atoms. The molecule has 4 heteroatoms. The number of rotatable bonds is 3. The van der Waals surface area contributed by atoms with Gasteiger partial charge in [-0.1, -0.05) is 17.7 Å². The molecule has 1 aromatic carbocycles. The fourth-order valence-corrected chi connectivity index (χ4v) is 1.30. The topological polar surface area (TPSA) is 55.5 Å². The highest BCUT2D eigenvalue weighted by molar-refractivity contribution is 6.32. The van der Waals surface area contributed by atoms with E-state index in [4.69, 9.17) is 27.2 Å². The zero-order chi connectivity index (χ0) is 10.8. The minimum Gasteiger partial charge on any atom is -0.495 e. The van der Waals surface area contributed by atoms with E-state index in [0.717, 1.165) is 5.56 Å². The Balaban J connectivity index is 3.12. The number of nitrogens with two attached hydrogens (primary N) is 1. The number of halogens is 1. The van der Waals surface area contributed by atoms with Gasteiger partial charge in [0.1, 0.15) is 5.75 Å². The van der Waals surface area contributed by atoms with Crippen molar-refractivity contribution >= 4 is 11.6 Å². The molecule has 1 aromatic rings. The molecule has 0 saturated heterocycles. The lowest BCUT2D eigenvalue weighted by Crippen LogP contribution is -2.36. The van der Waals surface area contributed by atoms with Gasteiger partial charge in [0.25, 0.3) is 0 Å². The molecule has 1 atom stereocenters.